The average Bonchev–Trinajstić information content (AvgIpc) is 3.07. The van der Waals surface area contributed by atoms with E-state index in [-0.39, 0.29) is 6.04 Å². The molecule has 1 fully saturated rings. The molecular formula is C15H23ClN2O2S. The van der Waals surface area contributed by atoms with Crippen molar-refractivity contribution in [3.05, 3.63) is 28.3 Å². The van der Waals surface area contributed by atoms with Crippen LogP contribution < -0.4 is 10.0 Å². The predicted octanol–water partition coefficient (Wildman–Crippen LogP) is 2.83. The molecule has 1 aromatic carbocycles. The Hall–Kier alpha value is -0.620. The summed E-state index contributed by atoms with van der Waals surface area (Å²) < 4.78 is 27.7. The van der Waals surface area contributed by atoms with Crippen molar-refractivity contribution in [1.82, 2.24) is 10.0 Å². The lowest BCUT2D eigenvalue weighted by Gasteiger charge is -2.14. The first-order chi connectivity index (χ1) is 9.85. The van der Waals surface area contributed by atoms with E-state index in [0.717, 1.165) is 30.5 Å². The van der Waals surface area contributed by atoms with E-state index in [4.69, 9.17) is 11.6 Å². The highest BCUT2D eigenvalue weighted by atomic mass is 35.5. The molecule has 0 aliphatic heterocycles. The van der Waals surface area contributed by atoms with Crippen LogP contribution in [0.4, 0.5) is 0 Å². The Morgan fingerprint density at radius 1 is 1.38 bits per heavy atom. The van der Waals surface area contributed by atoms with Crippen molar-refractivity contribution in [3.63, 3.8) is 0 Å². The van der Waals surface area contributed by atoms with Gasteiger partial charge in [0.25, 0.3) is 0 Å². The Bertz CT molecular complexity index is 616. The summed E-state index contributed by atoms with van der Waals surface area (Å²) in [6, 6.07) is 3.43. The van der Waals surface area contributed by atoms with E-state index < -0.39 is 10.0 Å². The lowest BCUT2D eigenvalue weighted by molar-refractivity contribution is 0.577. The van der Waals surface area contributed by atoms with Gasteiger partial charge in [-0.15, -0.1) is 0 Å². The Kier molecular flexibility index (Phi) is 5.30. The van der Waals surface area contributed by atoms with Crippen molar-refractivity contribution in [3.8, 4) is 0 Å². The zero-order valence-electron chi connectivity index (χ0n) is 12.7. The highest BCUT2D eigenvalue weighted by Crippen LogP contribution is 2.32. The molecule has 0 saturated heterocycles. The number of hydrogen-bond acceptors (Lipinski definition) is 3. The maximum Gasteiger partial charge on any atom is 0.241 e. The van der Waals surface area contributed by atoms with E-state index in [0.29, 0.717) is 22.4 Å². The van der Waals surface area contributed by atoms with E-state index in [9.17, 15) is 8.42 Å². The maximum atomic E-state index is 12.5. The molecule has 1 saturated carbocycles. The molecule has 2 rings (SSSR count). The van der Waals surface area contributed by atoms with Crippen LogP contribution >= 0.6 is 11.6 Å². The highest BCUT2D eigenvalue weighted by Gasteiger charge is 2.37. The van der Waals surface area contributed by atoms with Crippen LogP contribution in [-0.2, 0) is 16.6 Å². The molecule has 0 amide bonds. The van der Waals surface area contributed by atoms with Gasteiger partial charge < -0.3 is 5.32 Å². The number of halogens is 1. The number of benzene rings is 1. The van der Waals surface area contributed by atoms with E-state index >= 15 is 0 Å². The van der Waals surface area contributed by atoms with Crippen molar-refractivity contribution >= 4 is 21.6 Å². The second-order valence-electron chi connectivity index (χ2n) is 5.81. The van der Waals surface area contributed by atoms with Crippen LogP contribution in [0.2, 0.25) is 5.02 Å². The van der Waals surface area contributed by atoms with Crippen molar-refractivity contribution in [2.24, 2.45) is 5.92 Å². The van der Waals surface area contributed by atoms with Crippen molar-refractivity contribution in [2.45, 2.75) is 51.1 Å². The van der Waals surface area contributed by atoms with Gasteiger partial charge in [0.2, 0.25) is 10.0 Å². The second kappa shape index (κ2) is 6.65. The van der Waals surface area contributed by atoms with Gasteiger partial charge in [0.15, 0.2) is 0 Å². The summed E-state index contributed by atoms with van der Waals surface area (Å²) in [4.78, 5) is 0.294. The topological polar surface area (TPSA) is 58.2 Å². The maximum absolute atomic E-state index is 12.5. The van der Waals surface area contributed by atoms with Crippen LogP contribution in [0.25, 0.3) is 0 Å². The third-order valence-electron chi connectivity index (χ3n) is 3.88. The predicted molar refractivity (Wildman–Crippen MR) is 86.1 cm³/mol. The van der Waals surface area contributed by atoms with Gasteiger partial charge in [-0.2, -0.15) is 0 Å². The smallest absolute Gasteiger partial charge is 0.241 e. The van der Waals surface area contributed by atoms with E-state index in [2.05, 4.69) is 17.0 Å². The normalized spacial score (nSPS) is 21.5. The molecule has 6 heteroatoms. The summed E-state index contributed by atoms with van der Waals surface area (Å²) in [7, 11) is -3.50. The molecule has 118 valence electrons. The zero-order chi connectivity index (χ0) is 15.6. The van der Waals surface area contributed by atoms with E-state index in [1.54, 1.807) is 0 Å². The van der Waals surface area contributed by atoms with Gasteiger partial charge in [-0.3, -0.25) is 0 Å². The molecule has 4 nitrogen and oxygen atoms in total. The van der Waals surface area contributed by atoms with Crippen LogP contribution in [0.3, 0.4) is 0 Å². The Morgan fingerprint density at radius 3 is 2.62 bits per heavy atom. The fraction of sp³-hybridized carbons (Fsp3) is 0.600. The molecule has 0 heterocycles. The molecule has 2 atom stereocenters. The molecule has 21 heavy (non-hydrogen) atoms. The first-order valence-electron chi connectivity index (χ1n) is 7.37. The largest absolute Gasteiger partial charge is 0.313 e. The van der Waals surface area contributed by atoms with Crippen molar-refractivity contribution < 1.29 is 8.42 Å². The molecule has 2 N–H and O–H groups in total. The van der Waals surface area contributed by atoms with E-state index in [1.807, 2.05) is 19.9 Å². The Balaban J connectivity index is 2.26. The summed E-state index contributed by atoms with van der Waals surface area (Å²) in [6.45, 7) is 7.49. The Labute approximate surface area is 132 Å². The number of rotatable bonds is 7. The van der Waals surface area contributed by atoms with Crippen LogP contribution in [0, 0.1) is 12.8 Å². The summed E-state index contributed by atoms with van der Waals surface area (Å²) in [5, 5.41) is 3.74. The number of sulfonamides is 1. The van der Waals surface area contributed by atoms with Gasteiger partial charge in [-0.25, -0.2) is 13.1 Å². The van der Waals surface area contributed by atoms with Gasteiger partial charge in [0.1, 0.15) is 0 Å². The summed E-state index contributed by atoms with van der Waals surface area (Å²) >= 11 is 6.10. The molecule has 1 aliphatic carbocycles. The molecular weight excluding hydrogens is 308 g/mol. The SMILES string of the molecule is CCCNCc1cc(Cl)cc(S(=O)(=O)NC2CC2C)c1C. The van der Waals surface area contributed by atoms with Crippen molar-refractivity contribution in [2.75, 3.05) is 6.54 Å². The summed E-state index contributed by atoms with van der Waals surface area (Å²) in [6.07, 6.45) is 1.94. The lowest BCUT2D eigenvalue weighted by atomic mass is 10.1. The number of nitrogens with one attached hydrogen (secondary N) is 2. The molecule has 0 radical (unpaired) electrons. The second-order valence-corrected chi connectivity index (χ2v) is 7.92. The molecule has 1 aliphatic rings. The lowest BCUT2D eigenvalue weighted by Crippen LogP contribution is -2.28. The van der Waals surface area contributed by atoms with Gasteiger partial charge in [-0.1, -0.05) is 25.4 Å². The first-order valence-corrected chi connectivity index (χ1v) is 9.23. The van der Waals surface area contributed by atoms with Crippen molar-refractivity contribution in [1.29, 1.82) is 0 Å². The molecule has 0 bridgehead atoms. The Morgan fingerprint density at radius 2 is 2.05 bits per heavy atom. The quantitative estimate of drug-likeness (QED) is 0.756. The number of hydrogen-bond donors (Lipinski definition) is 2. The van der Waals surface area contributed by atoms with Crippen LogP contribution in [0.15, 0.2) is 17.0 Å². The highest BCUT2D eigenvalue weighted by molar-refractivity contribution is 7.89. The van der Waals surface area contributed by atoms with E-state index in [1.165, 1.54) is 6.07 Å². The third-order valence-corrected chi connectivity index (χ3v) is 5.71. The summed E-state index contributed by atoms with van der Waals surface area (Å²) in [5.41, 5.74) is 1.70. The van der Waals surface area contributed by atoms with Gasteiger partial charge >= 0.3 is 0 Å². The van der Waals surface area contributed by atoms with Crippen LogP contribution in [0.5, 0.6) is 0 Å². The third kappa shape index (κ3) is 4.19. The minimum Gasteiger partial charge on any atom is -0.313 e. The summed E-state index contributed by atoms with van der Waals surface area (Å²) in [5.74, 6) is 0.421. The zero-order valence-corrected chi connectivity index (χ0v) is 14.3. The standard InChI is InChI=1S/C15H23ClN2O2S/c1-4-5-17-9-12-7-13(16)8-15(11(12)3)21(19,20)18-14-6-10(14)2/h7-8,10,14,17-18H,4-6,9H2,1-3H3. The molecule has 0 aromatic heterocycles. The van der Waals surface area contributed by atoms with Gasteiger partial charge in [-0.05, 0) is 55.5 Å². The first kappa shape index (κ1) is 16.7. The minimum atomic E-state index is -3.50. The fourth-order valence-corrected chi connectivity index (χ4v) is 4.30. The van der Waals surface area contributed by atoms with Crippen LogP contribution in [-0.4, -0.2) is 21.0 Å². The monoisotopic (exact) mass is 330 g/mol. The molecule has 1 aromatic rings. The minimum absolute atomic E-state index is 0.0649. The van der Waals surface area contributed by atoms with Gasteiger partial charge in [0.05, 0.1) is 4.90 Å². The van der Waals surface area contributed by atoms with Crippen LogP contribution in [0.1, 0.15) is 37.8 Å². The fourth-order valence-electron chi connectivity index (χ4n) is 2.32. The molecule has 0 spiro atoms. The van der Waals surface area contributed by atoms with Gasteiger partial charge in [0, 0.05) is 17.6 Å². The molecule has 2 unspecified atom stereocenters. The average molecular weight is 331 g/mol.